The van der Waals surface area contributed by atoms with E-state index in [1.165, 1.54) is 44.9 Å². The summed E-state index contributed by atoms with van der Waals surface area (Å²) in [4.78, 5) is 2.55. The van der Waals surface area contributed by atoms with Crippen LogP contribution in [0.5, 0.6) is 0 Å². The summed E-state index contributed by atoms with van der Waals surface area (Å²) in [6.45, 7) is 4.45. The van der Waals surface area contributed by atoms with Gasteiger partial charge in [-0.25, -0.2) is 0 Å². The summed E-state index contributed by atoms with van der Waals surface area (Å²) in [7, 11) is 2.28. The van der Waals surface area contributed by atoms with Gasteiger partial charge in [-0.2, -0.15) is 0 Å². The molecule has 1 N–H and O–H groups in total. The van der Waals surface area contributed by atoms with Gasteiger partial charge in [0.25, 0.3) is 0 Å². The van der Waals surface area contributed by atoms with E-state index >= 15 is 0 Å². The van der Waals surface area contributed by atoms with Gasteiger partial charge in [-0.3, -0.25) is 4.90 Å². The quantitative estimate of drug-likeness (QED) is 0.811. The molecule has 0 bridgehead atoms. The predicted molar refractivity (Wildman–Crippen MR) is 73.8 cm³/mol. The van der Waals surface area contributed by atoms with Crippen molar-refractivity contribution in [2.75, 3.05) is 20.2 Å². The van der Waals surface area contributed by atoms with E-state index in [1.807, 2.05) is 0 Å². The van der Waals surface area contributed by atoms with Crippen molar-refractivity contribution in [1.29, 1.82) is 0 Å². The van der Waals surface area contributed by atoms with Gasteiger partial charge in [0.05, 0.1) is 5.60 Å². The number of hydrogen-bond acceptors (Lipinski definition) is 3. The summed E-state index contributed by atoms with van der Waals surface area (Å²) in [6, 6.07) is 2.22. The van der Waals surface area contributed by atoms with E-state index in [2.05, 4.69) is 24.2 Å². The first-order valence-corrected chi connectivity index (χ1v) is 7.78. The molecule has 2 unspecified atom stereocenters. The molecule has 2 saturated carbocycles. The fourth-order valence-corrected chi connectivity index (χ4v) is 3.44. The van der Waals surface area contributed by atoms with E-state index in [0.717, 1.165) is 19.2 Å². The van der Waals surface area contributed by atoms with Crippen molar-refractivity contribution in [2.24, 2.45) is 0 Å². The highest BCUT2D eigenvalue weighted by Crippen LogP contribution is 2.42. The zero-order valence-electron chi connectivity index (χ0n) is 12.0. The number of hydrogen-bond donors (Lipinski definition) is 1. The molecule has 2 atom stereocenters. The highest BCUT2D eigenvalue weighted by atomic mass is 16.5. The third-order valence-electron chi connectivity index (χ3n) is 5.28. The lowest BCUT2D eigenvalue weighted by molar-refractivity contribution is -0.135. The van der Waals surface area contributed by atoms with Crippen molar-refractivity contribution in [3.8, 4) is 0 Å². The Morgan fingerprint density at radius 3 is 2.72 bits per heavy atom. The van der Waals surface area contributed by atoms with E-state index in [0.29, 0.717) is 12.1 Å². The molecular weight excluding hydrogens is 224 g/mol. The fourth-order valence-electron chi connectivity index (χ4n) is 3.44. The monoisotopic (exact) mass is 252 g/mol. The normalized spacial score (nSPS) is 32.5. The van der Waals surface area contributed by atoms with Crippen LogP contribution in [0.2, 0.25) is 0 Å². The summed E-state index contributed by atoms with van der Waals surface area (Å²) >= 11 is 0. The average molecular weight is 252 g/mol. The standard InChI is InChI=1S/C15H28N2O/c1-12(17(2)14-4-5-14)11-16-13-6-9-18-15(10-13)7-3-8-15/h12-14,16H,3-11H2,1-2H3. The maximum atomic E-state index is 5.98. The summed E-state index contributed by atoms with van der Waals surface area (Å²) < 4.78 is 5.98. The lowest BCUT2D eigenvalue weighted by atomic mass is 9.74. The lowest BCUT2D eigenvalue weighted by Crippen LogP contribution is -2.52. The topological polar surface area (TPSA) is 24.5 Å². The molecule has 0 radical (unpaired) electrons. The van der Waals surface area contributed by atoms with Crippen LogP contribution in [0.15, 0.2) is 0 Å². The molecule has 1 saturated heterocycles. The predicted octanol–water partition coefficient (Wildman–Crippen LogP) is 2.16. The Hall–Kier alpha value is -0.120. The van der Waals surface area contributed by atoms with E-state index in [-0.39, 0.29) is 5.60 Å². The second-order valence-corrected chi connectivity index (χ2v) is 6.73. The Bertz CT molecular complexity index is 286. The second kappa shape index (κ2) is 5.10. The number of ether oxygens (including phenoxy) is 1. The lowest BCUT2D eigenvalue weighted by Gasteiger charge is -2.47. The number of rotatable bonds is 5. The summed E-state index contributed by atoms with van der Waals surface area (Å²) in [5, 5.41) is 3.79. The minimum Gasteiger partial charge on any atom is -0.375 e. The zero-order valence-corrected chi connectivity index (χ0v) is 12.0. The summed E-state index contributed by atoms with van der Waals surface area (Å²) in [5.41, 5.74) is 0.279. The summed E-state index contributed by atoms with van der Waals surface area (Å²) in [6.07, 6.45) is 9.20. The second-order valence-electron chi connectivity index (χ2n) is 6.73. The molecule has 1 heterocycles. The van der Waals surface area contributed by atoms with Crippen LogP contribution >= 0.6 is 0 Å². The van der Waals surface area contributed by atoms with Gasteiger partial charge in [-0.05, 0) is 58.9 Å². The smallest absolute Gasteiger partial charge is 0.0697 e. The molecule has 0 aromatic rings. The first kappa shape index (κ1) is 12.9. The molecular formula is C15H28N2O. The minimum absolute atomic E-state index is 0.279. The molecule has 0 aromatic heterocycles. The Balaban J connectivity index is 1.42. The van der Waals surface area contributed by atoms with Gasteiger partial charge in [0.2, 0.25) is 0 Å². The third kappa shape index (κ3) is 2.73. The first-order chi connectivity index (χ1) is 8.69. The molecule has 3 fully saturated rings. The molecule has 0 amide bonds. The maximum Gasteiger partial charge on any atom is 0.0697 e. The van der Waals surface area contributed by atoms with E-state index in [4.69, 9.17) is 4.74 Å². The molecule has 1 spiro atoms. The van der Waals surface area contributed by atoms with Gasteiger partial charge >= 0.3 is 0 Å². The van der Waals surface area contributed by atoms with E-state index < -0.39 is 0 Å². The van der Waals surface area contributed by atoms with Crippen molar-refractivity contribution in [3.63, 3.8) is 0 Å². The van der Waals surface area contributed by atoms with Gasteiger partial charge in [0, 0.05) is 31.3 Å². The molecule has 1 aliphatic heterocycles. The van der Waals surface area contributed by atoms with Gasteiger partial charge in [0.15, 0.2) is 0 Å². The van der Waals surface area contributed by atoms with E-state index in [1.54, 1.807) is 0 Å². The van der Waals surface area contributed by atoms with E-state index in [9.17, 15) is 0 Å². The summed E-state index contributed by atoms with van der Waals surface area (Å²) in [5.74, 6) is 0. The number of likely N-dealkylation sites (N-methyl/N-ethyl adjacent to an activating group) is 1. The van der Waals surface area contributed by atoms with Crippen molar-refractivity contribution in [3.05, 3.63) is 0 Å². The molecule has 3 heteroatoms. The van der Waals surface area contributed by atoms with Crippen molar-refractivity contribution >= 4 is 0 Å². The van der Waals surface area contributed by atoms with Crippen LogP contribution in [0.4, 0.5) is 0 Å². The number of nitrogens with zero attached hydrogens (tertiary/aromatic N) is 1. The van der Waals surface area contributed by atoms with Crippen LogP contribution in [0.3, 0.4) is 0 Å². The SMILES string of the molecule is CC(CNC1CCOC2(CCC2)C1)N(C)C1CC1. The highest BCUT2D eigenvalue weighted by molar-refractivity contribution is 4.96. The Morgan fingerprint density at radius 1 is 1.33 bits per heavy atom. The zero-order chi connectivity index (χ0) is 12.6. The molecule has 3 nitrogen and oxygen atoms in total. The van der Waals surface area contributed by atoms with Crippen molar-refractivity contribution in [1.82, 2.24) is 10.2 Å². The molecule has 2 aliphatic carbocycles. The molecule has 104 valence electrons. The van der Waals surface area contributed by atoms with Crippen molar-refractivity contribution in [2.45, 2.75) is 75.6 Å². The molecule has 18 heavy (non-hydrogen) atoms. The minimum atomic E-state index is 0.279. The van der Waals surface area contributed by atoms with Crippen LogP contribution in [0.25, 0.3) is 0 Å². The highest BCUT2D eigenvalue weighted by Gasteiger charge is 2.42. The molecule has 3 rings (SSSR count). The maximum absolute atomic E-state index is 5.98. The third-order valence-corrected chi connectivity index (χ3v) is 5.28. The average Bonchev–Trinajstić information content (AvgIpc) is 3.17. The largest absolute Gasteiger partial charge is 0.375 e. The molecule has 3 aliphatic rings. The Morgan fingerprint density at radius 2 is 2.11 bits per heavy atom. The van der Waals surface area contributed by atoms with Crippen LogP contribution < -0.4 is 5.32 Å². The van der Waals surface area contributed by atoms with Gasteiger partial charge in [0.1, 0.15) is 0 Å². The van der Waals surface area contributed by atoms with Gasteiger partial charge < -0.3 is 10.1 Å². The van der Waals surface area contributed by atoms with Crippen LogP contribution in [-0.4, -0.2) is 48.8 Å². The van der Waals surface area contributed by atoms with Gasteiger partial charge in [-0.15, -0.1) is 0 Å². The fraction of sp³-hybridized carbons (Fsp3) is 1.00. The Kier molecular flexibility index (Phi) is 3.65. The van der Waals surface area contributed by atoms with Crippen LogP contribution in [-0.2, 0) is 4.74 Å². The Labute approximate surface area is 111 Å². The first-order valence-electron chi connectivity index (χ1n) is 7.78. The van der Waals surface area contributed by atoms with Crippen LogP contribution in [0.1, 0.15) is 51.9 Å². The number of nitrogens with one attached hydrogen (secondary N) is 1. The van der Waals surface area contributed by atoms with Gasteiger partial charge in [-0.1, -0.05) is 0 Å². The van der Waals surface area contributed by atoms with Crippen LogP contribution in [0, 0.1) is 0 Å². The molecule has 0 aromatic carbocycles. The van der Waals surface area contributed by atoms with Crippen molar-refractivity contribution < 1.29 is 4.74 Å².